The monoisotopic (exact) mass is 223 g/mol. The van der Waals surface area contributed by atoms with Crippen molar-refractivity contribution in [1.82, 2.24) is 6.15 Å². The second-order valence-electron chi connectivity index (χ2n) is 2.17. The third kappa shape index (κ3) is 4.22. The summed E-state index contributed by atoms with van der Waals surface area (Å²) in [7, 11) is -4.88. The first-order valence-corrected chi connectivity index (χ1v) is 4.81. The number of rotatable bonds is 3. The average Bonchev–Trinajstić information content (AvgIpc) is 2.21. The summed E-state index contributed by atoms with van der Waals surface area (Å²) in [5.41, 5.74) is 0.155. The van der Waals surface area contributed by atoms with Gasteiger partial charge in [0.05, 0.1) is 5.48 Å². The minimum absolute atomic E-state index is 0. The molecule has 1 rings (SSSR count). The molecule has 0 spiro atoms. The molecule has 5 nitrogen and oxygen atoms in total. The molecule has 4 N–H and O–H groups in total. The van der Waals surface area contributed by atoms with E-state index in [2.05, 4.69) is 4.18 Å². The zero-order valence-corrected chi connectivity index (χ0v) is 8.31. The van der Waals surface area contributed by atoms with Gasteiger partial charge in [0.1, 0.15) is 5.75 Å². The van der Waals surface area contributed by atoms with E-state index in [1.807, 2.05) is 0 Å². The quantitative estimate of drug-likeness (QED) is 0.758. The SMILES string of the molecule is N.[2H]c1c([2H])c(OS(=O)(=O)O)c([2H])c([2H])c1CC. The van der Waals surface area contributed by atoms with Crippen LogP contribution in [-0.4, -0.2) is 13.0 Å². The van der Waals surface area contributed by atoms with Crippen molar-refractivity contribution < 1.29 is 22.6 Å². The Morgan fingerprint density at radius 1 is 1.43 bits per heavy atom. The first-order chi connectivity index (χ1) is 7.69. The molecule has 14 heavy (non-hydrogen) atoms. The molecule has 0 unspecified atom stereocenters. The zero-order valence-electron chi connectivity index (χ0n) is 11.5. The van der Waals surface area contributed by atoms with E-state index in [0.717, 1.165) is 0 Å². The van der Waals surface area contributed by atoms with E-state index in [0.29, 0.717) is 0 Å². The van der Waals surface area contributed by atoms with E-state index >= 15 is 0 Å². The summed E-state index contributed by atoms with van der Waals surface area (Å²) in [5, 5.41) is 0. The Kier molecular flexibility index (Phi) is 2.55. The predicted molar refractivity (Wildman–Crippen MR) is 53.0 cm³/mol. The van der Waals surface area contributed by atoms with Crippen LogP contribution in [0.1, 0.15) is 18.0 Å². The molecular weight excluding hydrogens is 206 g/mol. The molecule has 0 saturated carbocycles. The van der Waals surface area contributed by atoms with Crippen LogP contribution in [0.3, 0.4) is 0 Å². The number of hydrogen-bond acceptors (Lipinski definition) is 4. The molecule has 0 radical (unpaired) electrons. The van der Waals surface area contributed by atoms with Crippen LogP contribution < -0.4 is 10.3 Å². The van der Waals surface area contributed by atoms with Gasteiger partial charge in [-0.15, -0.1) is 0 Å². The minimum atomic E-state index is -4.88. The Morgan fingerprint density at radius 2 is 1.93 bits per heavy atom. The second-order valence-corrected chi connectivity index (χ2v) is 3.19. The fraction of sp³-hybridized carbons (Fsp3) is 0.250. The van der Waals surface area contributed by atoms with Gasteiger partial charge < -0.3 is 10.3 Å². The van der Waals surface area contributed by atoms with Crippen molar-refractivity contribution in [3.63, 3.8) is 0 Å². The smallest absolute Gasteiger partial charge is 0.362 e. The van der Waals surface area contributed by atoms with E-state index in [1.54, 1.807) is 6.92 Å². The normalized spacial score (nSPS) is 14.4. The van der Waals surface area contributed by atoms with Gasteiger partial charge in [0.15, 0.2) is 0 Å². The van der Waals surface area contributed by atoms with Gasteiger partial charge >= 0.3 is 10.4 Å². The third-order valence-corrected chi connectivity index (χ3v) is 1.57. The topological polar surface area (TPSA) is 98.6 Å². The van der Waals surface area contributed by atoms with E-state index < -0.39 is 28.2 Å². The molecule has 6 heteroatoms. The summed E-state index contributed by atoms with van der Waals surface area (Å²) in [5.74, 6) is -0.806. The summed E-state index contributed by atoms with van der Waals surface area (Å²) in [6.45, 7) is 1.65. The Balaban J connectivity index is 0.00000289. The Bertz CT molecular complexity index is 532. The lowest BCUT2D eigenvalue weighted by molar-refractivity contribution is 0.387. The summed E-state index contributed by atoms with van der Waals surface area (Å²) < 4.78 is 63.6. The van der Waals surface area contributed by atoms with Crippen LogP contribution in [0.4, 0.5) is 0 Å². The van der Waals surface area contributed by atoms with E-state index in [4.69, 9.17) is 10.0 Å². The highest BCUT2D eigenvalue weighted by Crippen LogP contribution is 2.13. The second kappa shape index (κ2) is 4.94. The van der Waals surface area contributed by atoms with Crippen LogP contribution in [0.5, 0.6) is 5.75 Å². The van der Waals surface area contributed by atoms with E-state index in [9.17, 15) is 8.42 Å². The van der Waals surface area contributed by atoms with Gasteiger partial charge in [-0.25, -0.2) is 0 Å². The standard InChI is InChI=1S/C8H10O4S.H3N/c1-2-7-3-5-8(6-4-7)12-13(9,10)11;/h3-6H,2H2,1H3,(H,9,10,11);1H3/i3D,4D,5D,6D;. The van der Waals surface area contributed by atoms with Gasteiger partial charge in [-0.2, -0.15) is 8.42 Å². The molecule has 0 atom stereocenters. The molecule has 0 aliphatic rings. The van der Waals surface area contributed by atoms with Crippen molar-refractivity contribution in [1.29, 1.82) is 0 Å². The van der Waals surface area contributed by atoms with Crippen molar-refractivity contribution in [3.8, 4) is 5.75 Å². The van der Waals surface area contributed by atoms with Gasteiger partial charge in [-0.05, 0) is 24.1 Å². The van der Waals surface area contributed by atoms with Gasteiger partial charge in [0, 0.05) is 0 Å². The lowest BCUT2D eigenvalue weighted by Crippen LogP contribution is -2.06. The molecule has 80 valence electrons. The molecule has 0 saturated heterocycles. The average molecular weight is 223 g/mol. The summed E-state index contributed by atoms with van der Waals surface area (Å²) in [4.78, 5) is 0. The highest BCUT2D eigenvalue weighted by molar-refractivity contribution is 7.81. The first kappa shape index (κ1) is 7.22. The highest BCUT2D eigenvalue weighted by Gasteiger charge is 2.05. The zero-order chi connectivity index (χ0) is 13.4. The van der Waals surface area contributed by atoms with Crippen LogP contribution in [0.2, 0.25) is 0 Å². The van der Waals surface area contributed by atoms with Gasteiger partial charge in [0.2, 0.25) is 0 Å². The summed E-state index contributed by atoms with van der Waals surface area (Å²) >= 11 is 0. The number of hydrogen-bond donors (Lipinski definition) is 2. The molecule has 1 aromatic carbocycles. The largest absolute Gasteiger partial charge is 0.446 e. The molecule has 0 aliphatic heterocycles. The third-order valence-electron chi connectivity index (χ3n) is 1.20. The fourth-order valence-electron chi connectivity index (χ4n) is 0.651. The molecule has 0 heterocycles. The Hall–Kier alpha value is -1.11. The maximum Gasteiger partial charge on any atom is 0.446 e. The van der Waals surface area contributed by atoms with Crippen molar-refractivity contribution in [2.75, 3.05) is 0 Å². The van der Waals surface area contributed by atoms with Crippen LogP contribution >= 0.6 is 0 Å². The lowest BCUT2D eigenvalue weighted by Gasteiger charge is -2.01. The molecule has 1 aromatic rings. The fourth-order valence-corrected chi connectivity index (χ4v) is 0.945. The highest BCUT2D eigenvalue weighted by atomic mass is 32.3. The summed E-state index contributed by atoms with van der Waals surface area (Å²) in [6, 6.07) is -2.04. The number of benzene rings is 1. The van der Waals surface area contributed by atoms with Crippen LogP contribution in [0.25, 0.3) is 0 Å². The summed E-state index contributed by atoms with van der Waals surface area (Å²) in [6.07, 6.45) is 0.265. The Labute approximate surface area is 88.9 Å². The molecule has 0 bridgehead atoms. The van der Waals surface area contributed by atoms with Crippen LogP contribution in [0, 0.1) is 0 Å². The molecule has 0 aliphatic carbocycles. The molecule has 0 amide bonds. The van der Waals surface area contributed by atoms with Crippen molar-refractivity contribution in [2.24, 2.45) is 0 Å². The van der Waals surface area contributed by atoms with Gasteiger partial charge in [-0.1, -0.05) is 19.0 Å². The maximum absolute atomic E-state index is 10.5. The van der Waals surface area contributed by atoms with Crippen LogP contribution in [-0.2, 0) is 16.8 Å². The van der Waals surface area contributed by atoms with Gasteiger partial charge in [-0.3, -0.25) is 4.55 Å². The van der Waals surface area contributed by atoms with Crippen molar-refractivity contribution in [3.05, 3.63) is 29.7 Å². The molecular formula is C8H13NO4S. The first-order valence-electron chi connectivity index (χ1n) is 5.45. The lowest BCUT2D eigenvalue weighted by atomic mass is 10.2. The minimum Gasteiger partial charge on any atom is -0.362 e. The van der Waals surface area contributed by atoms with Crippen molar-refractivity contribution in [2.45, 2.75) is 13.3 Å². The van der Waals surface area contributed by atoms with E-state index in [1.165, 1.54) is 0 Å². The van der Waals surface area contributed by atoms with Crippen molar-refractivity contribution >= 4 is 10.4 Å². The van der Waals surface area contributed by atoms with E-state index in [-0.39, 0.29) is 30.2 Å². The van der Waals surface area contributed by atoms with Gasteiger partial charge in [0.25, 0.3) is 0 Å². The Morgan fingerprint density at radius 3 is 2.29 bits per heavy atom. The molecule has 0 aromatic heterocycles. The molecule has 0 fully saturated rings. The maximum atomic E-state index is 10.5. The predicted octanol–water partition coefficient (Wildman–Crippen LogP) is 1.59. The van der Waals surface area contributed by atoms with Crippen LogP contribution in [0.15, 0.2) is 24.2 Å².